The maximum Gasteiger partial charge on any atom is 0.407 e. The van der Waals surface area contributed by atoms with Gasteiger partial charge < -0.3 is 41.2 Å². The number of amides is 2. The van der Waals surface area contributed by atoms with Gasteiger partial charge in [0.05, 0.1) is 32.7 Å². The SMILES string of the molecule is COC(=O)CCC(NC(=O)c1ccc(N(CCCCCCNC(=O)OC(C)(C)C)Cc2cnc3nc(N)nc(N)c3n2)cc1)C(=O)OC. The van der Waals surface area contributed by atoms with E-state index in [9.17, 15) is 19.2 Å². The molecule has 2 aromatic heterocycles. The van der Waals surface area contributed by atoms with E-state index >= 15 is 0 Å². The summed E-state index contributed by atoms with van der Waals surface area (Å²) in [6.07, 6.45) is 4.57. The maximum atomic E-state index is 13.0. The summed E-state index contributed by atoms with van der Waals surface area (Å²) in [4.78, 5) is 67.9. The molecule has 0 fully saturated rings. The predicted octanol–water partition coefficient (Wildman–Crippen LogP) is 2.90. The average Bonchev–Trinajstić information content (AvgIpc) is 3.04. The minimum atomic E-state index is -1.02. The van der Waals surface area contributed by atoms with Crippen molar-refractivity contribution in [2.45, 2.75) is 77.5 Å². The van der Waals surface area contributed by atoms with E-state index in [0.717, 1.165) is 31.4 Å². The van der Waals surface area contributed by atoms with Crippen molar-refractivity contribution in [1.82, 2.24) is 30.6 Å². The van der Waals surface area contributed by atoms with E-state index in [-0.39, 0.29) is 24.6 Å². The molecule has 260 valence electrons. The van der Waals surface area contributed by atoms with Gasteiger partial charge in [0.15, 0.2) is 17.0 Å². The third-order valence-corrected chi connectivity index (χ3v) is 7.03. The Morgan fingerprint density at radius 3 is 2.31 bits per heavy atom. The van der Waals surface area contributed by atoms with Gasteiger partial charge in [-0.25, -0.2) is 19.6 Å². The highest BCUT2D eigenvalue weighted by Gasteiger charge is 2.24. The van der Waals surface area contributed by atoms with Gasteiger partial charge in [-0.15, -0.1) is 0 Å². The highest BCUT2D eigenvalue weighted by Crippen LogP contribution is 2.21. The quantitative estimate of drug-likeness (QED) is 0.0979. The number of benzene rings is 1. The van der Waals surface area contributed by atoms with Crippen LogP contribution in [0.2, 0.25) is 0 Å². The fourth-order valence-electron chi connectivity index (χ4n) is 4.66. The van der Waals surface area contributed by atoms with Gasteiger partial charge in [-0.3, -0.25) is 9.59 Å². The Bertz CT molecular complexity index is 1560. The summed E-state index contributed by atoms with van der Waals surface area (Å²) in [6, 6.07) is 5.88. The van der Waals surface area contributed by atoms with E-state index in [4.69, 9.17) is 20.9 Å². The van der Waals surface area contributed by atoms with Crippen LogP contribution in [-0.2, 0) is 30.3 Å². The van der Waals surface area contributed by atoms with E-state index in [1.54, 1.807) is 30.5 Å². The number of carbonyl (C=O) groups is 4. The molecule has 0 saturated heterocycles. The van der Waals surface area contributed by atoms with Crippen LogP contribution in [0.1, 0.15) is 75.3 Å². The third-order valence-electron chi connectivity index (χ3n) is 7.03. The number of alkyl carbamates (subject to hydrolysis) is 1. The highest BCUT2D eigenvalue weighted by atomic mass is 16.6. The Labute approximate surface area is 279 Å². The maximum absolute atomic E-state index is 13.0. The first-order valence-corrected chi connectivity index (χ1v) is 15.6. The number of nitrogen functional groups attached to an aromatic ring is 2. The van der Waals surface area contributed by atoms with Crippen LogP contribution in [0.3, 0.4) is 0 Å². The topological polar surface area (TPSA) is 227 Å². The zero-order valence-corrected chi connectivity index (χ0v) is 28.1. The lowest BCUT2D eigenvalue weighted by molar-refractivity contribution is -0.144. The van der Waals surface area contributed by atoms with Crippen molar-refractivity contribution in [2.24, 2.45) is 0 Å². The molecule has 1 unspecified atom stereocenters. The molecule has 0 aliphatic carbocycles. The lowest BCUT2D eigenvalue weighted by Gasteiger charge is -2.25. The Morgan fingerprint density at radius 2 is 1.65 bits per heavy atom. The van der Waals surface area contributed by atoms with E-state index in [2.05, 4.69) is 40.2 Å². The van der Waals surface area contributed by atoms with Gasteiger partial charge in [0.25, 0.3) is 5.91 Å². The second-order valence-electron chi connectivity index (χ2n) is 12.0. The molecule has 0 bridgehead atoms. The molecule has 3 rings (SSSR count). The lowest BCUT2D eigenvalue weighted by atomic mass is 10.1. The molecule has 0 radical (unpaired) electrons. The summed E-state index contributed by atoms with van der Waals surface area (Å²) < 4.78 is 14.7. The van der Waals surface area contributed by atoms with E-state index in [1.807, 2.05) is 20.8 Å². The standard InChI is InChI=1S/C32H45N9O7/c1-32(2,3)48-31(45)35-16-8-6-7-9-17-41(19-21-18-36-27-25(37-21)26(33)39-30(34)40-27)22-12-10-20(11-13-22)28(43)38-23(29(44)47-5)14-15-24(42)46-4/h10-13,18,23H,6-9,14-17,19H2,1-5H3,(H,35,45)(H,38,43)(H4,33,34,36,39,40). The third kappa shape index (κ3) is 11.8. The number of unbranched alkanes of at least 4 members (excludes halogenated alkanes) is 3. The largest absolute Gasteiger partial charge is 0.469 e. The van der Waals surface area contributed by atoms with Crippen LogP contribution in [0, 0.1) is 0 Å². The number of fused-ring (bicyclic) bond motifs is 1. The summed E-state index contributed by atoms with van der Waals surface area (Å²) in [5, 5.41) is 5.41. The molecule has 6 N–H and O–H groups in total. The van der Waals surface area contributed by atoms with Gasteiger partial charge in [-0.05, 0) is 64.3 Å². The van der Waals surface area contributed by atoms with Crippen LogP contribution in [0.4, 0.5) is 22.2 Å². The van der Waals surface area contributed by atoms with Gasteiger partial charge in [0, 0.05) is 30.8 Å². The monoisotopic (exact) mass is 667 g/mol. The minimum absolute atomic E-state index is 0.00969. The number of aromatic nitrogens is 4. The van der Waals surface area contributed by atoms with Crippen LogP contribution in [0.15, 0.2) is 30.5 Å². The summed E-state index contributed by atoms with van der Waals surface area (Å²) in [5.41, 5.74) is 13.6. The van der Waals surface area contributed by atoms with Crippen molar-refractivity contribution in [3.05, 3.63) is 41.7 Å². The number of rotatable bonds is 16. The van der Waals surface area contributed by atoms with Crippen molar-refractivity contribution in [1.29, 1.82) is 0 Å². The first-order valence-electron chi connectivity index (χ1n) is 15.6. The molecular weight excluding hydrogens is 622 g/mol. The fourth-order valence-corrected chi connectivity index (χ4v) is 4.66. The van der Waals surface area contributed by atoms with Gasteiger partial charge in [-0.2, -0.15) is 9.97 Å². The van der Waals surface area contributed by atoms with Gasteiger partial charge >= 0.3 is 18.0 Å². The number of esters is 2. The molecule has 0 saturated carbocycles. The summed E-state index contributed by atoms with van der Waals surface area (Å²) in [6.45, 7) is 6.99. The number of nitrogens with two attached hydrogens (primary N) is 2. The Kier molecular flexibility index (Phi) is 13.6. The van der Waals surface area contributed by atoms with E-state index in [0.29, 0.717) is 42.1 Å². The lowest BCUT2D eigenvalue weighted by Crippen LogP contribution is -2.41. The van der Waals surface area contributed by atoms with Gasteiger partial charge in [-0.1, -0.05) is 12.8 Å². The first-order chi connectivity index (χ1) is 22.8. The molecule has 2 heterocycles. The summed E-state index contributed by atoms with van der Waals surface area (Å²) >= 11 is 0. The molecule has 0 aliphatic rings. The number of hydrogen-bond donors (Lipinski definition) is 4. The number of nitrogens with one attached hydrogen (secondary N) is 2. The first kappa shape index (κ1) is 37.2. The molecule has 48 heavy (non-hydrogen) atoms. The van der Waals surface area contributed by atoms with Crippen LogP contribution in [0.25, 0.3) is 11.2 Å². The number of carbonyl (C=O) groups excluding carboxylic acids is 4. The number of ether oxygens (including phenoxy) is 3. The number of methoxy groups -OCH3 is 2. The predicted molar refractivity (Wildman–Crippen MR) is 179 cm³/mol. The van der Waals surface area contributed by atoms with Crippen LogP contribution >= 0.6 is 0 Å². The smallest absolute Gasteiger partial charge is 0.407 e. The van der Waals surface area contributed by atoms with Crippen molar-refractivity contribution in [3.8, 4) is 0 Å². The second kappa shape index (κ2) is 17.6. The highest BCUT2D eigenvalue weighted by molar-refractivity contribution is 5.97. The Hall–Kier alpha value is -5.28. The molecule has 16 heteroatoms. The second-order valence-corrected chi connectivity index (χ2v) is 12.0. The zero-order chi connectivity index (χ0) is 35.3. The number of hydrogen-bond acceptors (Lipinski definition) is 14. The van der Waals surface area contributed by atoms with E-state index < -0.39 is 35.6 Å². The molecule has 0 spiro atoms. The van der Waals surface area contributed by atoms with Crippen LogP contribution in [0.5, 0.6) is 0 Å². The zero-order valence-electron chi connectivity index (χ0n) is 28.1. The van der Waals surface area contributed by atoms with Crippen molar-refractivity contribution < 1.29 is 33.4 Å². The molecular formula is C32H45N9O7. The summed E-state index contributed by atoms with van der Waals surface area (Å²) in [5.74, 6) is -1.53. The molecule has 1 aromatic carbocycles. The molecule has 2 amide bonds. The number of anilines is 3. The average molecular weight is 668 g/mol. The number of nitrogens with zero attached hydrogens (tertiary/aromatic N) is 5. The minimum Gasteiger partial charge on any atom is -0.469 e. The van der Waals surface area contributed by atoms with Crippen LogP contribution in [-0.4, -0.2) is 82.8 Å². The van der Waals surface area contributed by atoms with Gasteiger partial charge in [0.2, 0.25) is 5.95 Å². The molecule has 16 nitrogen and oxygen atoms in total. The molecule has 0 aliphatic heterocycles. The van der Waals surface area contributed by atoms with Crippen molar-refractivity contribution in [3.63, 3.8) is 0 Å². The fraction of sp³-hybridized carbons (Fsp3) is 0.500. The normalized spacial score (nSPS) is 11.8. The molecule has 1 atom stereocenters. The van der Waals surface area contributed by atoms with Crippen LogP contribution < -0.4 is 27.0 Å². The Morgan fingerprint density at radius 1 is 0.938 bits per heavy atom. The summed E-state index contributed by atoms with van der Waals surface area (Å²) in [7, 11) is 2.46. The van der Waals surface area contributed by atoms with E-state index in [1.165, 1.54) is 14.2 Å². The van der Waals surface area contributed by atoms with Crippen molar-refractivity contribution >= 4 is 52.6 Å². The van der Waals surface area contributed by atoms with Gasteiger partial charge in [0.1, 0.15) is 11.6 Å². The molecule has 3 aromatic rings. The van der Waals surface area contributed by atoms with Crippen molar-refractivity contribution in [2.75, 3.05) is 43.7 Å². The Balaban J connectivity index is 1.69.